The molecule has 0 aliphatic carbocycles. The number of aliphatic hydroxyl groups excluding tert-OH is 1. The minimum atomic E-state index is -1.31. The van der Waals surface area contributed by atoms with Gasteiger partial charge in [0.1, 0.15) is 6.10 Å². The Bertz CT molecular complexity index is 430. The van der Waals surface area contributed by atoms with E-state index in [-0.39, 0.29) is 18.5 Å². The molecule has 0 aliphatic heterocycles. The summed E-state index contributed by atoms with van der Waals surface area (Å²) in [4.78, 5) is 23.1. The van der Waals surface area contributed by atoms with Crippen molar-refractivity contribution in [1.82, 2.24) is 15.0 Å². The zero-order chi connectivity index (χ0) is 15.7. The van der Waals surface area contributed by atoms with Crippen molar-refractivity contribution in [2.45, 2.75) is 32.8 Å². The van der Waals surface area contributed by atoms with Crippen LogP contribution in [0, 0.1) is 0 Å². The average molecular weight is 298 g/mol. The summed E-state index contributed by atoms with van der Waals surface area (Å²) in [5.74, 6) is -0.243. The van der Waals surface area contributed by atoms with Gasteiger partial charge in [-0.3, -0.25) is 4.79 Å². The van der Waals surface area contributed by atoms with Crippen molar-refractivity contribution in [2.24, 2.45) is 5.73 Å². The lowest BCUT2D eigenvalue weighted by Crippen LogP contribution is -2.34. The quantitative estimate of drug-likeness (QED) is 0.464. The first-order valence-corrected chi connectivity index (χ1v) is 6.90. The monoisotopic (exact) mass is 298 g/mol. The molecule has 0 saturated heterocycles. The normalized spacial score (nSPS) is 11.8. The lowest BCUT2D eigenvalue weighted by atomic mass is 10.3. The Hall–Kier alpha value is -2.16. The van der Waals surface area contributed by atoms with Crippen LogP contribution in [0.25, 0.3) is 0 Å². The molecule has 21 heavy (non-hydrogen) atoms. The molecule has 1 aromatic rings. The number of nitrogens with two attached hydrogens (primary N) is 1. The van der Waals surface area contributed by atoms with Gasteiger partial charge in [-0.25, -0.2) is 0 Å². The zero-order valence-electron chi connectivity index (χ0n) is 12.3. The molecule has 0 fully saturated rings. The zero-order valence-corrected chi connectivity index (χ0v) is 12.3. The largest absolute Gasteiger partial charge is 0.463 e. The van der Waals surface area contributed by atoms with Crippen LogP contribution in [-0.2, 0) is 4.79 Å². The summed E-state index contributed by atoms with van der Waals surface area (Å²) in [5.41, 5.74) is 4.97. The number of ether oxygens (including phenoxy) is 1. The lowest BCUT2D eigenvalue weighted by Gasteiger charge is -2.11. The first-order valence-electron chi connectivity index (χ1n) is 6.90. The van der Waals surface area contributed by atoms with Gasteiger partial charge >= 0.3 is 6.01 Å². The molecule has 1 aromatic heterocycles. The topological polar surface area (TPSA) is 135 Å². The van der Waals surface area contributed by atoms with Crippen LogP contribution in [0.4, 0.5) is 11.9 Å². The number of aliphatic hydroxyl groups is 1. The van der Waals surface area contributed by atoms with E-state index in [4.69, 9.17) is 10.5 Å². The van der Waals surface area contributed by atoms with Gasteiger partial charge in [-0.2, -0.15) is 15.0 Å². The van der Waals surface area contributed by atoms with Gasteiger partial charge in [0.05, 0.1) is 13.2 Å². The summed E-state index contributed by atoms with van der Waals surface area (Å²) in [6.45, 7) is 5.10. The van der Waals surface area contributed by atoms with Crippen molar-refractivity contribution < 1.29 is 14.6 Å². The van der Waals surface area contributed by atoms with E-state index in [0.717, 1.165) is 12.8 Å². The van der Waals surface area contributed by atoms with Crippen LogP contribution < -0.4 is 21.1 Å². The summed E-state index contributed by atoms with van der Waals surface area (Å²) in [6, 6.07) is 0.182. The molecule has 9 nitrogen and oxygen atoms in total. The standard InChI is InChI=1S/C12H22N6O3/c1-3-5-14-10-16-11(15-7-8(19)9(13)20)18-12(17-10)21-6-4-2/h8,19H,3-7H2,1-2H3,(H2,13,20)(H2,14,15,16,17,18). The third-order valence-electron chi connectivity index (χ3n) is 2.37. The molecule has 1 rings (SSSR count). The lowest BCUT2D eigenvalue weighted by molar-refractivity contribution is -0.125. The molecule has 0 aliphatic rings. The van der Waals surface area contributed by atoms with Crippen molar-refractivity contribution >= 4 is 17.8 Å². The fourth-order valence-electron chi connectivity index (χ4n) is 1.30. The van der Waals surface area contributed by atoms with Crippen LogP contribution in [0.5, 0.6) is 6.01 Å². The summed E-state index contributed by atoms with van der Waals surface area (Å²) in [6.07, 6.45) is 0.431. The third-order valence-corrected chi connectivity index (χ3v) is 2.37. The number of hydrogen-bond donors (Lipinski definition) is 4. The highest BCUT2D eigenvalue weighted by Crippen LogP contribution is 2.11. The maximum absolute atomic E-state index is 10.8. The highest BCUT2D eigenvalue weighted by molar-refractivity contribution is 5.79. The SMILES string of the molecule is CCCNc1nc(NCC(O)C(N)=O)nc(OCCC)n1. The number of carbonyl (C=O) groups excluding carboxylic acids is 1. The molecule has 1 atom stereocenters. The van der Waals surface area contributed by atoms with E-state index in [0.29, 0.717) is 19.1 Å². The predicted octanol–water partition coefficient (Wildman–Crippen LogP) is -0.260. The summed E-state index contributed by atoms with van der Waals surface area (Å²) in [5, 5.41) is 15.1. The number of rotatable bonds is 10. The Morgan fingerprint density at radius 1 is 1.24 bits per heavy atom. The van der Waals surface area contributed by atoms with Gasteiger partial charge in [0.25, 0.3) is 0 Å². The van der Waals surface area contributed by atoms with Crippen molar-refractivity contribution in [2.75, 3.05) is 30.3 Å². The van der Waals surface area contributed by atoms with Crippen LogP contribution in [0.15, 0.2) is 0 Å². The second-order valence-electron chi connectivity index (χ2n) is 4.34. The molecule has 1 amide bonds. The van der Waals surface area contributed by atoms with Gasteiger partial charge < -0.3 is 26.2 Å². The molecule has 1 heterocycles. The summed E-state index contributed by atoms with van der Waals surface area (Å²) in [7, 11) is 0. The Labute approximate surface area is 123 Å². The van der Waals surface area contributed by atoms with Crippen molar-refractivity contribution in [3.63, 3.8) is 0 Å². The number of carbonyl (C=O) groups is 1. The fourth-order valence-corrected chi connectivity index (χ4v) is 1.30. The van der Waals surface area contributed by atoms with E-state index in [1.54, 1.807) is 0 Å². The Balaban J connectivity index is 2.77. The maximum Gasteiger partial charge on any atom is 0.323 e. The highest BCUT2D eigenvalue weighted by atomic mass is 16.5. The maximum atomic E-state index is 10.8. The van der Waals surface area contributed by atoms with Crippen LogP contribution in [0.1, 0.15) is 26.7 Å². The van der Waals surface area contributed by atoms with Gasteiger partial charge in [-0.15, -0.1) is 0 Å². The van der Waals surface area contributed by atoms with Gasteiger partial charge in [-0.05, 0) is 12.8 Å². The Morgan fingerprint density at radius 3 is 2.48 bits per heavy atom. The van der Waals surface area contributed by atoms with Crippen molar-refractivity contribution in [1.29, 1.82) is 0 Å². The molecule has 0 aromatic carbocycles. The van der Waals surface area contributed by atoms with Gasteiger partial charge in [0, 0.05) is 6.54 Å². The van der Waals surface area contributed by atoms with E-state index in [1.165, 1.54) is 0 Å². The third kappa shape index (κ3) is 6.21. The van der Waals surface area contributed by atoms with Crippen molar-refractivity contribution in [3.8, 4) is 6.01 Å². The minimum absolute atomic E-state index is 0.0835. The molecular weight excluding hydrogens is 276 g/mol. The number of hydrogen-bond acceptors (Lipinski definition) is 8. The molecule has 1 unspecified atom stereocenters. The first-order chi connectivity index (χ1) is 10.1. The van der Waals surface area contributed by atoms with Crippen LogP contribution in [0.2, 0.25) is 0 Å². The second-order valence-corrected chi connectivity index (χ2v) is 4.34. The molecule has 0 saturated carbocycles. The molecule has 0 spiro atoms. The van der Waals surface area contributed by atoms with E-state index in [9.17, 15) is 9.90 Å². The first kappa shape index (κ1) is 16.9. The number of aromatic nitrogens is 3. The van der Waals surface area contributed by atoms with E-state index < -0.39 is 12.0 Å². The van der Waals surface area contributed by atoms with Crippen LogP contribution in [-0.4, -0.2) is 51.8 Å². The average Bonchev–Trinajstić information content (AvgIpc) is 2.48. The van der Waals surface area contributed by atoms with Gasteiger partial charge in [0.15, 0.2) is 0 Å². The van der Waals surface area contributed by atoms with Crippen LogP contribution >= 0.6 is 0 Å². The summed E-state index contributed by atoms with van der Waals surface area (Å²) >= 11 is 0. The molecule has 0 radical (unpaired) electrons. The second kappa shape index (κ2) is 8.90. The fraction of sp³-hybridized carbons (Fsp3) is 0.667. The highest BCUT2D eigenvalue weighted by Gasteiger charge is 2.12. The number of amides is 1. The molecule has 118 valence electrons. The Morgan fingerprint density at radius 2 is 1.90 bits per heavy atom. The van der Waals surface area contributed by atoms with Crippen molar-refractivity contribution in [3.05, 3.63) is 0 Å². The molecule has 9 heteroatoms. The number of anilines is 2. The van der Waals surface area contributed by atoms with Crippen LogP contribution in [0.3, 0.4) is 0 Å². The predicted molar refractivity (Wildman–Crippen MR) is 78.1 cm³/mol. The Kier molecular flexibility index (Phi) is 7.16. The summed E-state index contributed by atoms with van der Waals surface area (Å²) < 4.78 is 5.37. The van der Waals surface area contributed by atoms with E-state index in [1.807, 2.05) is 13.8 Å². The number of nitrogens with one attached hydrogen (secondary N) is 2. The smallest absolute Gasteiger partial charge is 0.323 e. The van der Waals surface area contributed by atoms with Gasteiger partial charge in [-0.1, -0.05) is 13.8 Å². The minimum Gasteiger partial charge on any atom is -0.463 e. The number of nitrogens with zero attached hydrogens (tertiary/aromatic N) is 3. The van der Waals surface area contributed by atoms with E-state index >= 15 is 0 Å². The van der Waals surface area contributed by atoms with Gasteiger partial charge in [0.2, 0.25) is 17.8 Å². The van der Waals surface area contributed by atoms with E-state index in [2.05, 4.69) is 25.6 Å². The number of primary amides is 1. The molecular formula is C12H22N6O3. The molecule has 0 bridgehead atoms. The molecule has 5 N–H and O–H groups in total.